The number of anilines is 4. The van der Waals surface area contributed by atoms with Crippen LogP contribution in [-0.2, 0) is 25.6 Å². The van der Waals surface area contributed by atoms with Crippen LogP contribution in [0.15, 0.2) is 97.1 Å². The summed E-state index contributed by atoms with van der Waals surface area (Å²) in [5.41, 5.74) is 5.67. The minimum Gasteiger partial charge on any atom is -0.497 e. The number of aliphatic carboxylic acids is 4. The van der Waals surface area contributed by atoms with Crippen LogP contribution in [0.2, 0.25) is 5.02 Å². The highest BCUT2D eigenvalue weighted by atomic mass is 35.5. The number of ether oxygens (including phenoxy) is 1. The number of hydrogen-bond donors (Lipinski definition) is 8. The Morgan fingerprint density at radius 1 is 0.484 bits per heavy atom. The molecule has 4 rings (SSSR count). The van der Waals surface area contributed by atoms with Gasteiger partial charge in [0.05, 0.1) is 7.11 Å². The molecule has 0 heterocycles. The molecule has 0 saturated heterocycles. The monoisotopic (exact) mass is 878 g/mol. The number of nitrogens with one attached hydrogen (secondary N) is 4. The number of carbonyl (C=O) groups is 4. The molecule has 0 aromatic heterocycles. The Morgan fingerprint density at radius 3 is 0.984 bits per heavy atom. The number of rotatable bonds is 18. The minimum absolute atomic E-state index is 0.0261. The van der Waals surface area contributed by atoms with E-state index in [-0.39, 0.29) is 23.7 Å². The van der Waals surface area contributed by atoms with Crippen LogP contribution >= 0.6 is 11.6 Å². The van der Waals surface area contributed by atoms with Gasteiger partial charge in [-0.25, -0.2) is 19.2 Å². The molecular weight excluding hydrogens is 812 g/mol. The van der Waals surface area contributed by atoms with Gasteiger partial charge in [0, 0.05) is 27.8 Å². The van der Waals surface area contributed by atoms with E-state index in [0.29, 0.717) is 5.02 Å². The van der Waals surface area contributed by atoms with Crippen LogP contribution in [0.3, 0.4) is 0 Å². The van der Waals surface area contributed by atoms with E-state index in [4.69, 9.17) is 36.8 Å². The van der Waals surface area contributed by atoms with Crippen LogP contribution in [0.5, 0.6) is 5.75 Å². The van der Waals surface area contributed by atoms with Crippen molar-refractivity contribution in [1.82, 2.24) is 0 Å². The van der Waals surface area contributed by atoms with Crippen molar-refractivity contribution in [2.45, 2.75) is 99.8 Å². The fourth-order valence-corrected chi connectivity index (χ4v) is 5.62. The van der Waals surface area contributed by atoms with E-state index >= 15 is 0 Å². The van der Waals surface area contributed by atoms with Crippen molar-refractivity contribution in [3.8, 4) is 5.75 Å². The summed E-state index contributed by atoms with van der Waals surface area (Å²) in [5, 5.41) is 48.6. The van der Waals surface area contributed by atoms with Gasteiger partial charge in [-0.05, 0) is 115 Å². The zero-order chi connectivity index (χ0) is 47.1. The number of carboxylic acid groups (broad SMARTS) is 4. The smallest absolute Gasteiger partial charge is 0.326 e. The lowest BCUT2D eigenvalue weighted by Gasteiger charge is -2.19. The molecule has 340 valence electrons. The van der Waals surface area contributed by atoms with E-state index in [0.717, 1.165) is 40.5 Å². The molecule has 0 aliphatic rings. The maximum atomic E-state index is 11.0. The average molecular weight is 880 g/mol. The highest BCUT2D eigenvalue weighted by Crippen LogP contribution is 2.19. The zero-order valence-corrected chi connectivity index (χ0v) is 38.5. The second-order valence-electron chi connectivity index (χ2n) is 16.0. The van der Waals surface area contributed by atoms with Gasteiger partial charge in [0.15, 0.2) is 0 Å². The summed E-state index contributed by atoms with van der Waals surface area (Å²) in [6, 6.07) is 27.5. The first kappa shape index (κ1) is 54.1. The van der Waals surface area contributed by atoms with Gasteiger partial charge < -0.3 is 46.4 Å². The summed E-state index contributed by atoms with van der Waals surface area (Å²) in [5.74, 6) is -2.39. The Balaban J connectivity index is 0.000000414. The van der Waals surface area contributed by atoms with E-state index in [1.54, 1.807) is 55.6 Å². The van der Waals surface area contributed by atoms with Crippen LogP contribution in [-0.4, -0.2) is 75.6 Å². The lowest BCUT2D eigenvalue weighted by molar-refractivity contribution is -0.139. The number of carboxylic acids is 4. The molecule has 0 saturated carbocycles. The maximum Gasteiger partial charge on any atom is 0.326 e. The number of halogens is 1. The highest BCUT2D eigenvalue weighted by molar-refractivity contribution is 6.30. The van der Waals surface area contributed by atoms with E-state index < -0.39 is 48.0 Å². The number of methoxy groups -OCH3 is 1. The molecular formula is C48H67ClN4O9. The van der Waals surface area contributed by atoms with Crippen molar-refractivity contribution in [2.75, 3.05) is 28.4 Å². The van der Waals surface area contributed by atoms with Crippen molar-refractivity contribution in [1.29, 1.82) is 0 Å². The first-order chi connectivity index (χ1) is 29.1. The van der Waals surface area contributed by atoms with Gasteiger partial charge in [0.25, 0.3) is 0 Å². The zero-order valence-electron chi connectivity index (χ0n) is 37.8. The molecule has 13 nitrogen and oxygen atoms in total. The van der Waals surface area contributed by atoms with E-state index in [9.17, 15) is 19.2 Å². The van der Waals surface area contributed by atoms with Crippen LogP contribution in [0.1, 0.15) is 73.4 Å². The molecule has 0 aliphatic carbocycles. The Morgan fingerprint density at radius 2 is 0.742 bits per heavy atom. The molecule has 0 spiro atoms. The minimum atomic E-state index is -0.847. The molecule has 0 bridgehead atoms. The van der Waals surface area contributed by atoms with E-state index in [1.807, 2.05) is 111 Å². The SMILES string of the molecule is CC(C)C(Nc1ccc(Cl)cc1)C(=O)O.CCc1ccc(NC(C(=O)O)C(C)C)cc1.COc1ccc(NC(C(=O)O)C(C)C)cc1.Cc1ccc(NC(C(=O)O)C(C)C)cc1. The summed E-state index contributed by atoms with van der Waals surface area (Å²) in [4.78, 5) is 43.9. The first-order valence-electron chi connectivity index (χ1n) is 20.6. The second kappa shape index (κ2) is 27.8. The Labute approximate surface area is 372 Å². The Hall–Kier alpha value is -5.95. The van der Waals surface area contributed by atoms with Gasteiger partial charge >= 0.3 is 23.9 Å². The van der Waals surface area contributed by atoms with Crippen molar-refractivity contribution >= 4 is 58.2 Å². The molecule has 0 radical (unpaired) electrons. The highest BCUT2D eigenvalue weighted by Gasteiger charge is 2.23. The van der Waals surface area contributed by atoms with Gasteiger partial charge in [-0.2, -0.15) is 0 Å². The molecule has 4 aromatic rings. The molecule has 4 unspecified atom stereocenters. The molecule has 8 N–H and O–H groups in total. The number of benzene rings is 4. The molecule has 0 amide bonds. The van der Waals surface area contributed by atoms with Gasteiger partial charge in [-0.3, -0.25) is 0 Å². The lowest BCUT2D eigenvalue weighted by atomic mass is 10.0. The molecule has 14 heteroatoms. The van der Waals surface area contributed by atoms with E-state index in [2.05, 4.69) is 28.2 Å². The first-order valence-corrected chi connectivity index (χ1v) is 21.0. The third-order valence-corrected chi connectivity index (χ3v) is 9.62. The Bertz CT molecular complexity index is 1780. The van der Waals surface area contributed by atoms with E-state index in [1.165, 1.54) is 5.56 Å². The molecule has 4 aromatic carbocycles. The van der Waals surface area contributed by atoms with Crippen molar-refractivity contribution in [3.63, 3.8) is 0 Å². The molecule has 62 heavy (non-hydrogen) atoms. The summed E-state index contributed by atoms with van der Waals surface area (Å²) in [7, 11) is 1.59. The largest absolute Gasteiger partial charge is 0.497 e. The van der Waals surface area contributed by atoms with Crippen molar-refractivity contribution < 1.29 is 44.3 Å². The van der Waals surface area contributed by atoms with Crippen LogP contribution in [0, 0.1) is 30.6 Å². The normalized spacial score (nSPS) is 12.5. The molecule has 0 aliphatic heterocycles. The summed E-state index contributed by atoms with van der Waals surface area (Å²) in [6.45, 7) is 19.1. The average Bonchev–Trinajstić information content (AvgIpc) is 3.21. The number of aryl methyl sites for hydroxylation is 2. The predicted octanol–water partition coefficient (Wildman–Crippen LogP) is 10.4. The van der Waals surface area contributed by atoms with Gasteiger partial charge in [-0.1, -0.05) is 104 Å². The van der Waals surface area contributed by atoms with Gasteiger partial charge in [0.2, 0.25) is 0 Å². The second-order valence-corrected chi connectivity index (χ2v) is 16.4. The van der Waals surface area contributed by atoms with Gasteiger partial charge in [-0.15, -0.1) is 0 Å². The fourth-order valence-electron chi connectivity index (χ4n) is 5.49. The van der Waals surface area contributed by atoms with Crippen LogP contribution < -0.4 is 26.0 Å². The van der Waals surface area contributed by atoms with Crippen LogP contribution in [0.25, 0.3) is 0 Å². The summed E-state index contributed by atoms with van der Waals surface area (Å²) >= 11 is 5.73. The predicted molar refractivity (Wildman–Crippen MR) is 251 cm³/mol. The van der Waals surface area contributed by atoms with Crippen molar-refractivity contribution in [2.24, 2.45) is 23.7 Å². The van der Waals surface area contributed by atoms with Crippen LogP contribution in [0.4, 0.5) is 22.7 Å². The molecule has 4 atom stereocenters. The molecule has 0 fully saturated rings. The maximum absolute atomic E-state index is 11.0. The lowest BCUT2D eigenvalue weighted by Crippen LogP contribution is -2.34. The topological polar surface area (TPSA) is 207 Å². The summed E-state index contributed by atoms with van der Waals surface area (Å²) < 4.78 is 5.02. The fraction of sp³-hybridized carbons (Fsp3) is 0.417. The third kappa shape index (κ3) is 20.5. The standard InChI is InChI=1S/C13H19NO2.C12H17NO3.C12H17NO2.C11H14ClNO2/c1-4-10-5-7-11(8-6-10)14-12(9(2)3)13(15)16;1-8(2)11(12(14)15)13-9-4-6-10(16-3)7-5-9;1-8(2)11(12(14)15)13-10-6-4-9(3)5-7-10;1-7(2)10(11(14)15)13-9-5-3-8(12)4-6-9/h5-9,12,14H,4H2,1-3H3,(H,15,16);4-8,11,13H,1-3H3,(H,14,15);4-8,11,13H,1-3H3,(H,14,15);3-7,10,13H,1-2H3,(H,14,15). The Kier molecular flexibility index (Phi) is 24.2. The number of hydrogen-bond acceptors (Lipinski definition) is 9. The third-order valence-electron chi connectivity index (χ3n) is 9.37. The summed E-state index contributed by atoms with van der Waals surface area (Å²) in [6.07, 6.45) is 0.993. The van der Waals surface area contributed by atoms with Crippen molar-refractivity contribution in [3.05, 3.63) is 113 Å². The van der Waals surface area contributed by atoms with Gasteiger partial charge in [0.1, 0.15) is 29.9 Å². The quantitative estimate of drug-likeness (QED) is 0.0469.